The minimum absolute atomic E-state index is 0.0672. The van der Waals surface area contributed by atoms with Gasteiger partial charge in [0.25, 0.3) is 5.91 Å². The van der Waals surface area contributed by atoms with E-state index in [9.17, 15) is 4.79 Å². The van der Waals surface area contributed by atoms with Crippen molar-refractivity contribution in [3.05, 3.63) is 23.8 Å². The number of ether oxygens (including phenoxy) is 2. The molecule has 92 valence electrons. The number of methoxy groups -OCH3 is 1. The van der Waals surface area contributed by atoms with E-state index in [0.29, 0.717) is 23.7 Å². The number of hydrogen-bond donors (Lipinski definition) is 0. The Balaban J connectivity index is 2.21. The van der Waals surface area contributed by atoms with Crippen LogP contribution in [-0.4, -0.2) is 37.6 Å². The number of rotatable bonds is 4. The van der Waals surface area contributed by atoms with Crippen LogP contribution >= 0.6 is 0 Å². The second kappa shape index (κ2) is 5.08. The molecule has 1 aromatic rings. The Morgan fingerprint density at radius 2 is 2.12 bits per heavy atom. The average Bonchev–Trinajstić information content (AvgIpc) is 2.27. The second-order valence-electron chi connectivity index (χ2n) is 3.94. The minimum Gasteiger partial charge on any atom is -0.493 e. The smallest absolute Gasteiger partial charge is 0.253 e. The Morgan fingerprint density at radius 1 is 1.35 bits per heavy atom. The number of likely N-dealkylation sites (tertiary alicyclic amines) is 1. The molecule has 2 rings (SSSR count). The fourth-order valence-electron chi connectivity index (χ4n) is 1.78. The van der Waals surface area contributed by atoms with Crippen LogP contribution in [0.25, 0.3) is 0 Å². The van der Waals surface area contributed by atoms with Crippen LogP contribution in [0.1, 0.15) is 23.7 Å². The van der Waals surface area contributed by atoms with Gasteiger partial charge in [0.2, 0.25) is 0 Å². The summed E-state index contributed by atoms with van der Waals surface area (Å²) in [7, 11) is 1.58. The van der Waals surface area contributed by atoms with Gasteiger partial charge < -0.3 is 14.4 Å². The summed E-state index contributed by atoms with van der Waals surface area (Å²) in [4.78, 5) is 13.8. The lowest BCUT2D eigenvalue weighted by Crippen LogP contribution is -2.41. The van der Waals surface area contributed by atoms with Crippen molar-refractivity contribution in [1.82, 2.24) is 4.90 Å². The van der Waals surface area contributed by atoms with Gasteiger partial charge in [0.05, 0.1) is 13.7 Å². The highest BCUT2D eigenvalue weighted by atomic mass is 16.5. The number of benzene rings is 1. The summed E-state index contributed by atoms with van der Waals surface area (Å²) >= 11 is 0. The summed E-state index contributed by atoms with van der Waals surface area (Å²) in [6.45, 7) is 4.21. The third-order valence-corrected chi connectivity index (χ3v) is 2.85. The summed E-state index contributed by atoms with van der Waals surface area (Å²) < 4.78 is 10.6. The number of amides is 1. The molecule has 1 saturated heterocycles. The maximum absolute atomic E-state index is 12.0. The molecule has 17 heavy (non-hydrogen) atoms. The van der Waals surface area contributed by atoms with E-state index >= 15 is 0 Å². The third kappa shape index (κ3) is 2.35. The molecule has 0 saturated carbocycles. The Morgan fingerprint density at radius 3 is 2.65 bits per heavy atom. The largest absolute Gasteiger partial charge is 0.493 e. The van der Waals surface area contributed by atoms with Crippen molar-refractivity contribution in [2.75, 3.05) is 26.8 Å². The van der Waals surface area contributed by atoms with E-state index in [2.05, 4.69) is 0 Å². The first-order valence-electron chi connectivity index (χ1n) is 5.86. The Hall–Kier alpha value is -1.71. The maximum atomic E-state index is 12.0. The SMILES string of the molecule is CCOc1ccc(C(=O)N2CCC2)cc1OC. The zero-order chi connectivity index (χ0) is 12.3. The lowest BCUT2D eigenvalue weighted by molar-refractivity contribution is 0.0651. The predicted octanol–water partition coefficient (Wildman–Crippen LogP) is 1.94. The number of carbonyl (C=O) groups is 1. The van der Waals surface area contributed by atoms with Crippen LogP contribution in [-0.2, 0) is 0 Å². The molecule has 0 aliphatic carbocycles. The highest BCUT2D eigenvalue weighted by molar-refractivity contribution is 5.95. The van der Waals surface area contributed by atoms with Gasteiger partial charge in [-0.25, -0.2) is 0 Å². The number of carbonyl (C=O) groups excluding carboxylic acids is 1. The Kier molecular flexibility index (Phi) is 3.52. The molecule has 0 atom stereocenters. The molecule has 0 spiro atoms. The van der Waals surface area contributed by atoms with E-state index in [1.54, 1.807) is 25.3 Å². The first-order valence-corrected chi connectivity index (χ1v) is 5.86. The lowest BCUT2D eigenvalue weighted by atomic mass is 10.1. The van der Waals surface area contributed by atoms with Crippen LogP contribution in [0.4, 0.5) is 0 Å². The molecule has 0 aromatic heterocycles. The minimum atomic E-state index is 0.0672. The zero-order valence-corrected chi connectivity index (χ0v) is 10.2. The van der Waals surface area contributed by atoms with E-state index in [4.69, 9.17) is 9.47 Å². The Labute approximate surface area is 101 Å². The van der Waals surface area contributed by atoms with Crippen molar-refractivity contribution in [2.45, 2.75) is 13.3 Å². The van der Waals surface area contributed by atoms with Gasteiger partial charge in [-0.05, 0) is 31.5 Å². The number of nitrogens with zero attached hydrogens (tertiary/aromatic N) is 1. The summed E-state index contributed by atoms with van der Waals surface area (Å²) in [5, 5.41) is 0. The van der Waals surface area contributed by atoms with Gasteiger partial charge >= 0.3 is 0 Å². The van der Waals surface area contributed by atoms with E-state index in [0.717, 1.165) is 19.5 Å². The summed E-state index contributed by atoms with van der Waals surface area (Å²) in [6, 6.07) is 5.31. The van der Waals surface area contributed by atoms with Crippen molar-refractivity contribution in [3.8, 4) is 11.5 Å². The summed E-state index contributed by atoms with van der Waals surface area (Å²) in [6.07, 6.45) is 1.10. The van der Waals surface area contributed by atoms with Gasteiger partial charge in [0, 0.05) is 18.7 Å². The fraction of sp³-hybridized carbons (Fsp3) is 0.462. The normalized spacial score (nSPS) is 14.1. The van der Waals surface area contributed by atoms with Gasteiger partial charge in [-0.1, -0.05) is 0 Å². The molecule has 0 unspecified atom stereocenters. The standard InChI is InChI=1S/C13H17NO3/c1-3-17-11-6-5-10(9-12(11)16-2)13(15)14-7-4-8-14/h5-6,9H,3-4,7-8H2,1-2H3. The molecule has 1 aliphatic heterocycles. The van der Waals surface area contributed by atoms with Crippen molar-refractivity contribution < 1.29 is 14.3 Å². The molecule has 0 N–H and O–H groups in total. The quantitative estimate of drug-likeness (QED) is 0.800. The van der Waals surface area contributed by atoms with Crippen molar-refractivity contribution in [2.24, 2.45) is 0 Å². The van der Waals surface area contributed by atoms with Crippen LogP contribution in [0.5, 0.6) is 11.5 Å². The molecular formula is C13H17NO3. The molecule has 1 heterocycles. The summed E-state index contributed by atoms with van der Waals surface area (Å²) in [5.41, 5.74) is 0.657. The van der Waals surface area contributed by atoms with Crippen LogP contribution in [0.2, 0.25) is 0 Å². The number of hydrogen-bond acceptors (Lipinski definition) is 3. The van der Waals surface area contributed by atoms with E-state index in [1.807, 2.05) is 11.8 Å². The third-order valence-electron chi connectivity index (χ3n) is 2.85. The topological polar surface area (TPSA) is 38.8 Å². The molecule has 1 aliphatic rings. The Bertz CT molecular complexity index is 413. The van der Waals surface area contributed by atoms with Crippen LogP contribution < -0.4 is 9.47 Å². The average molecular weight is 235 g/mol. The van der Waals surface area contributed by atoms with Crippen molar-refractivity contribution >= 4 is 5.91 Å². The van der Waals surface area contributed by atoms with Crippen molar-refractivity contribution in [3.63, 3.8) is 0 Å². The van der Waals surface area contributed by atoms with Gasteiger partial charge in [-0.2, -0.15) is 0 Å². The molecule has 4 nitrogen and oxygen atoms in total. The zero-order valence-electron chi connectivity index (χ0n) is 10.2. The monoisotopic (exact) mass is 235 g/mol. The molecular weight excluding hydrogens is 218 g/mol. The van der Waals surface area contributed by atoms with Crippen LogP contribution in [0.3, 0.4) is 0 Å². The van der Waals surface area contributed by atoms with E-state index < -0.39 is 0 Å². The first kappa shape index (κ1) is 11.8. The van der Waals surface area contributed by atoms with Crippen molar-refractivity contribution in [1.29, 1.82) is 0 Å². The predicted molar refractivity (Wildman–Crippen MR) is 64.7 cm³/mol. The van der Waals surface area contributed by atoms with Gasteiger partial charge in [0.15, 0.2) is 11.5 Å². The molecule has 1 aromatic carbocycles. The van der Waals surface area contributed by atoms with E-state index in [1.165, 1.54) is 0 Å². The lowest BCUT2D eigenvalue weighted by Gasteiger charge is -2.31. The molecule has 4 heteroatoms. The molecule has 0 bridgehead atoms. The van der Waals surface area contributed by atoms with Gasteiger partial charge in [-0.15, -0.1) is 0 Å². The second-order valence-corrected chi connectivity index (χ2v) is 3.94. The first-order chi connectivity index (χ1) is 8.26. The molecule has 1 fully saturated rings. The maximum Gasteiger partial charge on any atom is 0.253 e. The highest BCUT2D eigenvalue weighted by Crippen LogP contribution is 2.29. The van der Waals surface area contributed by atoms with Gasteiger partial charge in [0.1, 0.15) is 0 Å². The highest BCUT2D eigenvalue weighted by Gasteiger charge is 2.22. The van der Waals surface area contributed by atoms with Gasteiger partial charge in [-0.3, -0.25) is 4.79 Å². The molecule has 0 radical (unpaired) electrons. The summed E-state index contributed by atoms with van der Waals surface area (Å²) in [5.74, 6) is 1.35. The fourth-order valence-corrected chi connectivity index (χ4v) is 1.78. The van der Waals surface area contributed by atoms with E-state index in [-0.39, 0.29) is 5.91 Å². The van der Waals surface area contributed by atoms with Crippen LogP contribution in [0.15, 0.2) is 18.2 Å². The van der Waals surface area contributed by atoms with Crippen LogP contribution in [0, 0.1) is 0 Å². The molecule has 1 amide bonds.